The normalized spacial score (nSPS) is 21.1. The second-order valence-corrected chi connectivity index (χ2v) is 8.21. The van der Waals surface area contributed by atoms with Gasteiger partial charge in [-0.05, 0) is 29.6 Å². The van der Waals surface area contributed by atoms with Crippen LogP contribution in [-0.2, 0) is 14.6 Å². The van der Waals surface area contributed by atoms with Gasteiger partial charge >= 0.3 is 0 Å². The molecule has 1 saturated heterocycles. The maximum atomic E-state index is 6.17. The maximum absolute atomic E-state index is 6.17. The van der Waals surface area contributed by atoms with Crippen molar-refractivity contribution < 1.29 is 9.16 Å². The monoisotopic (exact) mass is 263 g/mol. The molecule has 1 aromatic carbocycles. The van der Waals surface area contributed by atoms with E-state index in [1.54, 1.807) is 0 Å². The van der Waals surface area contributed by atoms with Crippen LogP contribution in [0.5, 0.6) is 0 Å². The lowest BCUT2D eigenvalue weighted by Crippen LogP contribution is -2.23. The molecule has 1 aliphatic heterocycles. The zero-order valence-electron chi connectivity index (χ0n) is 12.0. The predicted molar refractivity (Wildman–Crippen MR) is 76.2 cm³/mol. The van der Waals surface area contributed by atoms with Crippen LogP contribution in [0.3, 0.4) is 0 Å². The Morgan fingerprint density at radius 2 is 1.89 bits per heavy atom. The van der Waals surface area contributed by atoms with Gasteiger partial charge in [0.2, 0.25) is 9.04 Å². The first-order chi connectivity index (χ1) is 8.39. The fourth-order valence-corrected chi connectivity index (χ4v) is 3.04. The number of hydrogen-bond acceptors (Lipinski definition) is 2. The van der Waals surface area contributed by atoms with Crippen LogP contribution in [0.15, 0.2) is 24.3 Å². The first-order valence-corrected chi connectivity index (χ1v) is 8.98. The zero-order chi connectivity index (χ0) is 13.3. The van der Waals surface area contributed by atoms with E-state index in [1.165, 1.54) is 11.1 Å². The molecular formula is C15H23O2Si. The summed E-state index contributed by atoms with van der Waals surface area (Å²) in [5.41, 5.74) is 2.81. The SMILES string of the molecule is C[Si](C)OC(c1ccccc1C(C)(C)C)C1CO1. The van der Waals surface area contributed by atoms with Crippen LogP contribution in [0.2, 0.25) is 13.1 Å². The molecule has 3 heteroatoms. The van der Waals surface area contributed by atoms with Gasteiger partial charge in [-0.1, -0.05) is 45.0 Å². The Labute approximate surface area is 112 Å². The smallest absolute Gasteiger partial charge is 0.205 e. The number of benzene rings is 1. The number of ether oxygens (including phenoxy) is 1. The molecule has 0 saturated carbocycles. The topological polar surface area (TPSA) is 21.8 Å². The molecule has 99 valence electrons. The van der Waals surface area contributed by atoms with Crippen molar-refractivity contribution in [2.75, 3.05) is 6.61 Å². The summed E-state index contributed by atoms with van der Waals surface area (Å²) in [6.07, 6.45) is 0.373. The lowest BCUT2D eigenvalue weighted by atomic mass is 9.82. The highest BCUT2D eigenvalue weighted by atomic mass is 28.3. The minimum Gasteiger partial charge on any atom is -0.408 e. The highest BCUT2D eigenvalue weighted by molar-refractivity contribution is 6.48. The first kappa shape index (κ1) is 13.8. The fourth-order valence-electron chi connectivity index (χ4n) is 2.25. The Morgan fingerprint density at radius 1 is 1.28 bits per heavy atom. The third-order valence-corrected chi connectivity index (χ3v) is 3.86. The fraction of sp³-hybridized carbons (Fsp3) is 0.600. The van der Waals surface area contributed by atoms with Gasteiger partial charge in [0.25, 0.3) is 0 Å². The Bertz CT molecular complexity index is 405. The second-order valence-electron chi connectivity index (χ2n) is 6.16. The molecule has 2 rings (SSSR count). The Balaban J connectivity index is 2.35. The van der Waals surface area contributed by atoms with E-state index in [1.807, 2.05) is 0 Å². The minimum atomic E-state index is -0.727. The highest BCUT2D eigenvalue weighted by Gasteiger charge is 2.37. The van der Waals surface area contributed by atoms with E-state index in [0.29, 0.717) is 0 Å². The summed E-state index contributed by atoms with van der Waals surface area (Å²) in [4.78, 5) is 0. The maximum Gasteiger partial charge on any atom is 0.205 e. The predicted octanol–water partition coefficient (Wildman–Crippen LogP) is 3.69. The third kappa shape index (κ3) is 3.22. The third-order valence-electron chi connectivity index (χ3n) is 3.13. The van der Waals surface area contributed by atoms with Crippen LogP contribution in [0.25, 0.3) is 0 Å². The van der Waals surface area contributed by atoms with Gasteiger partial charge in [-0.2, -0.15) is 0 Å². The molecule has 1 radical (unpaired) electrons. The summed E-state index contributed by atoms with van der Waals surface area (Å²) in [5.74, 6) is 0. The van der Waals surface area contributed by atoms with Crippen LogP contribution in [0.1, 0.15) is 38.0 Å². The molecule has 1 aromatic rings. The van der Waals surface area contributed by atoms with E-state index in [2.05, 4.69) is 58.1 Å². The average molecular weight is 263 g/mol. The molecule has 0 aliphatic carbocycles. The van der Waals surface area contributed by atoms with Crippen LogP contribution in [-0.4, -0.2) is 21.8 Å². The van der Waals surface area contributed by atoms with Crippen LogP contribution in [0.4, 0.5) is 0 Å². The van der Waals surface area contributed by atoms with E-state index in [-0.39, 0.29) is 17.6 Å². The van der Waals surface area contributed by atoms with Gasteiger partial charge < -0.3 is 9.16 Å². The molecule has 2 nitrogen and oxygen atoms in total. The number of rotatable bonds is 4. The van der Waals surface area contributed by atoms with Crippen molar-refractivity contribution in [2.24, 2.45) is 0 Å². The summed E-state index contributed by atoms with van der Waals surface area (Å²) in [6.45, 7) is 11.9. The molecular weight excluding hydrogens is 240 g/mol. The minimum absolute atomic E-state index is 0.115. The summed E-state index contributed by atoms with van der Waals surface area (Å²) >= 11 is 0. The van der Waals surface area contributed by atoms with Crippen LogP contribution >= 0.6 is 0 Å². The standard InChI is InChI=1S/C15H23O2Si/c1-15(2,3)12-9-7-6-8-11(12)14(13-10-16-13)17-18(4)5/h6-9,13-14H,10H2,1-5H3. The van der Waals surface area contributed by atoms with Crippen molar-refractivity contribution in [3.8, 4) is 0 Å². The van der Waals surface area contributed by atoms with Gasteiger partial charge in [0.15, 0.2) is 0 Å². The van der Waals surface area contributed by atoms with Gasteiger partial charge in [0.1, 0.15) is 6.10 Å². The summed E-state index contributed by atoms with van der Waals surface area (Å²) in [5, 5.41) is 0. The van der Waals surface area contributed by atoms with E-state index in [4.69, 9.17) is 9.16 Å². The average Bonchev–Trinajstić information content (AvgIpc) is 3.08. The van der Waals surface area contributed by atoms with Gasteiger partial charge in [0, 0.05) is 0 Å². The largest absolute Gasteiger partial charge is 0.408 e. The summed E-state index contributed by atoms with van der Waals surface area (Å²) in [7, 11) is -0.727. The van der Waals surface area contributed by atoms with E-state index in [9.17, 15) is 0 Å². The molecule has 0 amide bonds. The van der Waals surface area contributed by atoms with Crippen molar-refractivity contribution in [1.82, 2.24) is 0 Å². The van der Waals surface area contributed by atoms with Gasteiger partial charge in [0.05, 0.1) is 12.7 Å². The summed E-state index contributed by atoms with van der Waals surface area (Å²) in [6, 6.07) is 8.61. The second kappa shape index (κ2) is 5.15. The molecule has 1 fully saturated rings. The Hall–Kier alpha value is -0.643. The van der Waals surface area contributed by atoms with Crippen molar-refractivity contribution in [2.45, 2.75) is 51.5 Å². The van der Waals surface area contributed by atoms with Gasteiger partial charge in [-0.15, -0.1) is 0 Å². The van der Waals surface area contributed by atoms with E-state index < -0.39 is 9.04 Å². The molecule has 0 aromatic heterocycles. The molecule has 1 aliphatic rings. The van der Waals surface area contributed by atoms with E-state index >= 15 is 0 Å². The first-order valence-electron chi connectivity index (χ1n) is 6.57. The molecule has 0 N–H and O–H groups in total. The van der Waals surface area contributed by atoms with Gasteiger partial charge in [-0.3, -0.25) is 0 Å². The van der Waals surface area contributed by atoms with Gasteiger partial charge in [-0.25, -0.2) is 0 Å². The molecule has 0 spiro atoms. The molecule has 2 atom stereocenters. The van der Waals surface area contributed by atoms with Crippen molar-refractivity contribution in [3.63, 3.8) is 0 Å². The Morgan fingerprint density at radius 3 is 2.39 bits per heavy atom. The van der Waals surface area contributed by atoms with E-state index in [0.717, 1.165) is 6.61 Å². The zero-order valence-corrected chi connectivity index (χ0v) is 13.0. The van der Waals surface area contributed by atoms with Crippen LogP contribution in [0, 0.1) is 0 Å². The molecule has 0 bridgehead atoms. The quantitative estimate of drug-likeness (QED) is 0.610. The Kier molecular flexibility index (Phi) is 3.95. The molecule has 1 heterocycles. The number of hydrogen-bond donors (Lipinski definition) is 0. The summed E-state index contributed by atoms with van der Waals surface area (Å²) < 4.78 is 11.7. The van der Waals surface area contributed by atoms with Crippen molar-refractivity contribution >= 4 is 9.04 Å². The highest BCUT2D eigenvalue weighted by Crippen LogP contribution is 2.37. The number of epoxide rings is 1. The van der Waals surface area contributed by atoms with Crippen molar-refractivity contribution in [3.05, 3.63) is 35.4 Å². The molecule has 2 unspecified atom stereocenters. The lowest BCUT2D eigenvalue weighted by molar-refractivity contribution is 0.161. The molecule has 18 heavy (non-hydrogen) atoms. The lowest BCUT2D eigenvalue weighted by Gasteiger charge is -2.28. The van der Waals surface area contributed by atoms with Crippen LogP contribution < -0.4 is 0 Å². The van der Waals surface area contributed by atoms with Crippen molar-refractivity contribution in [1.29, 1.82) is 0 Å².